The predicted molar refractivity (Wildman–Crippen MR) is 65.1 cm³/mol. The molecule has 1 atom stereocenters. The molecule has 1 rings (SSSR count). The number of carboxylic acid groups (broad SMARTS) is 1. The number of aryl methyl sites for hydroxylation is 2. The van der Waals surface area contributed by atoms with Crippen molar-refractivity contribution in [3.8, 4) is 0 Å². The molecule has 0 aliphatic heterocycles. The molecule has 0 aliphatic carbocycles. The Morgan fingerprint density at radius 1 is 1.44 bits per heavy atom. The Kier molecular flexibility index (Phi) is 3.94. The van der Waals surface area contributed by atoms with Gasteiger partial charge < -0.3 is 10.8 Å². The van der Waals surface area contributed by atoms with E-state index < -0.39 is 11.9 Å². The van der Waals surface area contributed by atoms with E-state index in [1.165, 1.54) is 0 Å². The summed E-state index contributed by atoms with van der Waals surface area (Å²) in [6.07, 6.45) is 0. The first kappa shape index (κ1) is 13.0. The maximum absolute atomic E-state index is 11.1. The molecule has 0 bridgehead atoms. The minimum absolute atomic E-state index is 0.0798. The number of carbonyl (C=O) groups is 1. The van der Waals surface area contributed by atoms with E-state index in [1.54, 1.807) is 0 Å². The van der Waals surface area contributed by atoms with Crippen LogP contribution in [0.2, 0.25) is 5.02 Å². The fraction of sp³-hybridized carbons (Fsp3) is 0.417. The van der Waals surface area contributed by atoms with Crippen molar-refractivity contribution >= 4 is 17.6 Å². The molecule has 0 fully saturated rings. The maximum atomic E-state index is 11.1. The van der Waals surface area contributed by atoms with E-state index in [4.69, 9.17) is 22.4 Å². The van der Waals surface area contributed by atoms with Crippen LogP contribution < -0.4 is 5.73 Å². The summed E-state index contributed by atoms with van der Waals surface area (Å²) in [5.74, 6) is -1.59. The van der Waals surface area contributed by atoms with Gasteiger partial charge in [0.15, 0.2) is 0 Å². The lowest BCUT2D eigenvalue weighted by molar-refractivity contribution is -0.138. The Labute approximate surface area is 100 Å². The molecule has 0 saturated carbocycles. The summed E-state index contributed by atoms with van der Waals surface area (Å²) in [6.45, 7) is 5.71. The van der Waals surface area contributed by atoms with Gasteiger partial charge in [0.2, 0.25) is 0 Å². The van der Waals surface area contributed by atoms with Crippen molar-refractivity contribution in [3.05, 3.63) is 33.3 Å². The molecular weight excluding hydrogens is 226 g/mol. The summed E-state index contributed by atoms with van der Waals surface area (Å²) in [6, 6.07) is 1.90. The van der Waals surface area contributed by atoms with Crippen molar-refractivity contribution in [2.45, 2.75) is 26.7 Å². The van der Waals surface area contributed by atoms with Crippen molar-refractivity contribution in [1.29, 1.82) is 0 Å². The van der Waals surface area contributed by atoms with Gasteiger partial charge in [0.25, 0.3) is 0 Å². The fourth-order valence-electron chi connectivity index (χ4n) is 2.05. The van der Waals surface area contributed by atoms with Crippen molar-refractivity contribution in [2.75, 3.05) is 6.54 Å². The molecule has 0 spiro atoms. The van der Waals surface area contributed by atoms with Crippen LogP contribution in [0.25, 0.3) is 0 Å². The molecule has 0 heterocycles. The molecule has 1 unspecified atom stereocenters. The number of hydrogen-bond acceptors (Lipinski definition) is 2. The largest absolute Gasteiger partial charge is 0.481 e. The van der Waals surface area contributed by atoms with Gasteiger partial charge in [-0.15, -0.1) is 0 Å². The minimum Gasteiger partial charge on any atom is -0.481 e. The molecule has 0 aromatic heterocycles. The number of nitrogens with two attached hydrogens (primary N) is 1. The van der Waals surface area contributed by atoms with Gasteiger partial charge in [-0.1, -0.05) is 17.7 Å². The Morgan fingerprint density at radius 3 is 2.44 bits per heavy atom. The molecule has 0 amide bonds. The van der Waals surface area contributed by atoms with E-state index in [2.05, 4.69) is 0 Å². The third-order valence-electron chi connectivity index (χ3n) is 2.82. The average molecular weight is 242 g/mol. The summed E-state index contributed by atoms with van der Waals surface area (Å²) in [5, 5.41) is 9.74. The molecule has 88 valence electrons. The summed E-state index contributed by atoms with van der Waals surface area (Å²) in [4.78, 5) is 11.1. The number of halogens is 1. The second-order valence-corrected chi connectivity index (χ2v) is 4.37. The quantitative estimate of drug-likeness (QED) is 0.854. The van der Waals surface area contributed by atoms with Crippen molar-refractivity contribution < 1.29 is 9.90 Å². The summed E-state index contributed by atoms with van der Waals surface area (Å²) >= 11 is 6.13. The first-order valence-electron chi connectivity index (χ1n) is 5.09. The number of carboxylic acids is 1. The lowest BCUT2D eigenvalue weighted by Gasteiger charge is -2.18. The number of rotatable bonds is 3. The van der Waals surface area contributed by atoms with E-state index >= 15 is 0 Å². The number of aliphatic carboxylic acids is 1. The molecule has 1 aromatic carbocycles. The second kappa shape index (κ2) is 4.85. The molecule has 0 radical (unpaired) electrons. The standard InChI is InChI=1S/C12H16ClNO2/c1-6-4-7(2)11(13)8(3)10(6)9(5-14)12(15)16/h4,9H,5,14H2,1-3H3,(H,15,16). The molecule has 3 N–H and O–H groups in total. The zero-order chi connectivity index (χ0) is 12.5. The van der Waals surface area contributed by atoms with E-state index in [1.807, 2.05) is 26.8 Å². The van der Waals surface area contributed by atoms with Crippen LogP contribution in [0.4, 0.5) is 0 Å². The van der Waals surface area contributed by atoms with Crippen LogP contribution in [-0.4, -0.2) is 17.6 Å². The van der Waals surface area contributed by atoms with Gasteiger partial charge in [-0.2, -0.15) is 0 Å². The summed E-state index contributed by atoms with van der Waals surface area (Å²) < 4.78 is 0. The highest BCUT2D eigenvalue weighted by Gasteiger charge is 2.23. The second-order valence-electron chi connectivity index (χ2n) is 3.99. The van der Waals surface area contributed by atoms with Gasteiger partial charge in [-0.25, -0.2) is 0 Å². The number of hydrogen-bond donors (Lipinski definition) is 2. The van der Waals surface area contributed by atoms with E-state index in [0.717, 1.165) is 22.3 Å². The van der Waals surface area contributed by atoms with E-state index in [-0.39, 0.29) is 6.54 Å². The van der Waals surface area contributed by atoms with Crippen LogP contribution >= 0.6 is 11.6 Å². The van der Waals surface area contributed by atoms with Crippen molar-refractivity contribution in [2.24, 2.45) is 5.73 Å². The maximum Gasteiger partial charge on any atom is 0.312 e. The Bertz CT molecular complexity index is 430. The molecule has 4 heteroatoms. The highest BCUT2D eigenvalue weighted by atomic mass is 35.5. The topological polar surface area (TPSA) is 63.3 Å². The molecular formula is C12H16ClNO2. The first-order chi connectivity index (χ1) is 7.40. The highest BCUT2D eigenvalue weighted by Crippen LogP contribution is 2.31. The van der Waals surface area contributed by atoms with Gasteiger partial charge in [-0.3, -0.25) is 4.79 Å². The third kappa shape index (κ3) is 2.20. The van der Waals surface area contributed by atoms with E-state index in [9.17, 15) is 4.79 Å². The average Bonchev–Trinajstić information content (AvgIpc) is 2.20. The predicted octanol–water partition coefficient (Wildman–Crippen LogP) is 2.39. The Morgan fingerprint density at radius 2 is 2.00 bits per heavy atom. The first-order valence-corrected chi connectivity index (χ1v) is 5.47. The molecule has 1 aromatic rings. The van der Waals surface area contributed by atoms with Crippen LogP contribution in [0.15, 0.2) is 6.07 Å². The van der Waals surface area contributed by atoms with Crippen molar-refractivity contribution in [1.82, 2.24) is 0 Å². The summed E-state index contributed by atoms with van der Waals surface area (Å²) in [5.41, 5.74) is 8.95. The van der Waals surface area contributed by atoms with Crippen LogP contribution in [0, 0.1) is 20.8 Å². The van der Waals surface area contributed by atoms with Crippen molar-refractivity contribution in [3.63, 3.8) is 0 Å². The molecule has 16 heavy (non-hydrogen) atoms. The molecule has 0 aliphatic rings. The zero-order valence-corrected chi connectivity index (χ0v) is 10.4. The lowest BCUT2D eigenvalue weighted by atomic mass is 9.89. The van der Waals surface area contributed by atoms with Gasteiger partial charge in [-0.05, 0) is 43.0 Å². The van der Waals surface area contributed by atoms with Gasteiger partial charge in [0, 0.05) is 11.6 Å². The SMILES string of the molecule is Cc1cc(C)c(C(CN)C(=O)O)c(C)c1Cl. The molecule has 0 saturated heterocycles. The monoisotopic (exact) mass is 241 g/mol. The van der Waals surface area contributed by atoms with Gasteiger partial charge >= 0.3 is 5.97 Å². The zero-order valence-electron chi connectivity index (χ0n) is 9.67. The Hall–Kier alpha value is -1.06. The number of benzene rings is 1. The van der Waals surface area contributed by atoms with Crippen LogP contribution in [0.1, 0.15) is 28.2 Å². The highest BCUT2D eigenvalue weighted by molar-refractivity contribution is 6.32. The minimum atomic E-state index is -0.909. The van der Waals surface area contributed by atoms with Crippen LogP contribution in [0.5, 0.6) is 0 Å². The lowest BCUT2D eigenvalue weighted by Crippen LogP contribution is -2.23. The smallest absolute Gasteiger partial charge is 0.312 e. The third-order valence-corrected chi connectivity index (χ3v) is 3.40. The molecule has 3 nitrogen and oxygen atoms in total. The summed E-state index contributed by atoms with van der Waals surface area (Å²) in [7, 11) is 0. The van der Waals surface area contributed by atoms with Crippen LogP contribution in [0.3, 0.4) is 0 Å². The van der Waals surface area contributed by atoms with E-state index in [0.29, 0.717) is 5.02 Å². The van der Waals surface area contributed by atoms with Gasteiger partial charge in [0.05, 0.1) is 5.92 Å². The van der Waals surface area contributed by atoms with Crippen LogP contribution in [-0.2, 0) is 4.79 Å². The normalized spacial score (nSPS) is 12.6. The Balaban J connectivity index is 3.43. The fourth-order valence-corrected chi connectivity index (χ4v) is 2.21. The van der Waals surface area contributed by atoms with Gasteiger partial charge in [0.1, 0.15) is 0 Å².